The Labute approximate surface area is 99.8 Å². The number of ether oxygens (including phenoxy) is 1. The quantitative estimate of drug-likeness (QED) is 0.793. The van der Waals surface area contributed by atoms with Crippen LogP contribution in [-0.4, -0.2) is 40.0 Å². The summed E-state index contributed by atoms with van der Waals surface area (Å²) >= 11 is 0. The molecule has 0 aromatic carbocycles. The van der Waals surface area contributed by atoms with Crippen LogP contribution in [0.15, 0.2) is 6.20 Å². The van der Waals surface area contributed by atoms with Crippen molar-refractivity contribution in [3.05, 3.63) is 17.5 Å². The van der Waals surface area contributed by atoms with Crippen LogP contribution in [0.1, 0.15) is 23.0 Å². The maximum Gasteiger partial charge on any atom is 0.490 e. The molecule has 0 unspecified atom stereocenters. The zero-order valence-electron chi connectivity index (χ0n) is 9.54. The molecule has 18 heavy (non-hydrogen) atoms. The van der Waals surface area contributed by atoms with Crippen LogP contribution in [0.2, 0.25) is 0 Å². The number of esters is 1. The Morgan fingerprint density at radius 2 is 2.00 bits per heavy atom. The number of aromatic nitrogens is 2. The first-order valence-electron chi connectivity index (χ1n) is 4.67. The Kier molecular flexibility index (Phi) is 5.86. The lowest BCUT2D eigenvalue weighted by Crippen LogP contribution is -2.21. The lowest BCUT2D eigenvalue weighted by Gasteiger charge is -1.97. The van der Waals surface area contributed by atoms with Crippen molar-refractivity contribution in [2.24, 2.45) is 0 Å². The van der Waals surface area contributed by atoms with Crippen molar-refractivity contribution in [2.45, 2.75) is 20.0 Å². The molecule has 1 aromatic rings. The van der Waals surface area contributed by atoms with Gasteiger partial charge in [0.15, 0.2) is 0 Å². The van der Waals surface area contributed by atoms with Crippen molar-refractivity contribution < 1.29 is 32.6 Å². The van der Waals surface area contributed by atoms with Crippen LogP contribution in [0.3, 0.4) is 0 Å². The second kappa shape index (κ2) is 6.62. The van der Waals surface area contributed by atoms with E-state index < -0.39 is 12.1 Å². The summed E-state index contributed by atoms with van der Waals surface area (Å²) in [5, 5.41) is 13.5. The number of aryl methyl sites for hydroxylation is 1. The number of carbonyl (C=O) groups is 2. The first kappa shape index (κ1) is 15.9. The van der Waals surface area contributed by atoms with E-state index in [0.717, 1.165) is 5.69 Å². The molecule has 6 nitrogen and oxygen atoms in total. The molecule has 1 rings (SSSR count). The number of alkyl halides is 3. The number of aromatic amines is 1. The third-order valence-corrected chi connectivity index (χ3v) is 1.57. The number of H-pyrrole nitrogens is 1. The molecular formula is C9H11F3N2O4. The van der Waals surface area contributed by atoms with E-state index in [1.807, 2.05) is 0 Å². The summed E-state index contributed by atoms with van der Waals surface area (Å²) in [6.45, 7) is 3.94. The van der Waals surface area contributed by atoms with Gasteiger partial charge in [-0.1, -0.05) is 0 Å². The second-order valence-electron chi connectivity index (χ2n) is 2.93. The van der Waals surface area contributed by atoms with Crippen LogP contribution in [0.4, 0.5) is 13.2 Å². The van der Waals surface area contributed by atoms with Crippen LogP contribution in [0.25, 0.3) is 0 Å². The number of hydrogen-bond donors (Lipinski definition) is 2. The van der Waals surface area contributed by atoms with E-state index in [-0.39, 0.29) is 5.97 Å². The normalized spacial score (nSPS) is 10.3. The van der Waals surface area contributed by atoms with E-state index >= 15 is 0 Å². The lowest BCUT2D eigenvalue weighted by atomic mass is 10.3. The molecule has 0 fully saturated rings. The number of nitrogens with one attached hydrogen (secondary N) is 1. The molecule has 0 spiro atoms. The standard InChI is InChI=1S/C7H10N2O2.C2HF3O2/c1-3-11-7(10)6-4-8-9-5(6)2;3-2(4,5)1(6)7/h4H,3H2,1-2H3,(H,8,9);(H,6,7). The van der Waals surface area contributed by atoms with Gasteiger partial charge in [-0.05, 0) is 13.8 Å². The second-order valence-corrected chi connectivity index (χ2v) is 2.93. The fraction of sp³-hybridized carbons (Fsp3) is 0.444. The SMILES string of the molecule is CCOC(=O)c1cn[nH]c1C.O=C(O)C(F)(F)F. The summed E-state index contributed by atoms with van der Waals surface area (Å²) in [5.74, 6) is -3.08. The number of carbonyl (C=O) groups excluding carboxylic acids is 1. The largest absolute Gasteiger partial charge is 0.490 e. The summed E-state index contributed by atoms with van der Waals surface area (Å²) in [5.41, 5.74) is 1.25. The fourth-order valence-corrected chi connectivity index (χ4v) is 0.765. The Balaban J connectivity index is 0.000000360. The predicted molar refractivity (Wildman–Crippen MR) is 53.0 cm³/mol. The lowest BCUT2D eigenvalue weighted by molar-refractivity contribution is -0.192. The smallest absolute Gasteiger partial charge is 0.475 e. The zero-order valence-corrected chi connectivity index (χ0v) is 9.54. The fourth-order valence-electron chi connectivity index (χ4n) is 0.765. The van der Waals surface area contributed by atoms with Crippen molar-refractivity contribution in [3.63, 3.8) is 0 Å². The Bertz CT molecular complexity index is 414. The van der Waals surface area contributed by atoms with Gasteiger partial charge in [-0.15, -0.1) is 0 Å². The average Bonchev–Trinajstić information content (AvgIpc) is 2.64. The molecule has 1 aromatic heterocycles. The average molecular weight is 268 g/mol. The number of halogens is 3. The molecule has 0 aliphatic carbocycles. The number of nitrogens with zero attached hydrogens (tertiary/aromatic N) is 1. The maximum absolute atomic E-state index is 11.0. The Morgan fingerprint density at radius 1 is 1.50 bits per heavy atom. The summed E-state index contributed by atoms with van der Waals surface area (Å²) in [6, 6.07) is 0. The minimum absolute atomic E-state index is 0.321. The minimum Gasteiger partial charge on any atom is -0.475 e. The van der Waals surface area contributed by atoms with E-state index in [1.54, 1.807) is 13.8 Å². The highest BCUT2D eigenvalue weighted by Crippen LogP contribution is 2.13. The van der Waals surface area contributed by atoms with E-state index in [1.165, 1.54) is 6.20 Å². The highest BCUT2D eigenvalue weighted by Gasteiger charge is 2.38. The van der Waals surface area contributed by atoms with Gasteiger partial charge in [-0.2, -0.15) is 18.3 Å². The molecule has 0 aliphatic rings. The third kappa shape index (κ3) is 5.32. The van der Waals surface area contributed by atoms with E-state index in [2.05, 4.69) is 10.2 Å². The highest BCUT2D eigenvalue weighted by molar-refractivity contribution is 5.90. The van der Waals surface area contributed by atoms with Crippen LogP contribution >= 0.6 is 0 Å². The van der Waals surface area contributed by atoms with Gasteiger partial charge in [0.05, 0.1) is 12.8 Å². The van der Waals surface area contributed by atoms with E-state index in [4.69, 9.17) is 14.6 Å². The van der Waals surface area contributed by atoms with Gasteiger partial charge >= 0.3 is 18.1 Å². The van der Waals surface area contributed by atoms with Crippen molar-refractivity contribution in [3.8, 4) is 0 Å². The van der Waals surface area contributed by atoms with Gasteiger partial charge in [-0.25, -0.2) is 9.59 Å². The molecule has 0 atom stereocenters. The summed E-state index contributed by atoms with van der Waals surface area (Å²) in [7, 11) is 0. The molecule has 1 heterocycles. The number of rotatable bonds is 2. The topological polar surface area (TPSA) is 92.3 Å². The number of aliphatic carboxylic acids is 1. The van der Waals surface area contributed by atoms with Gasteiger partial charge < -0.3 is 9.84 Å². The minimum atomic E-state index is -5.08. The van der Waals surface area contributed by atoms with Gasteiger partial charge in [-0.3, -0.25) is 5.10 Å². The van der Waals surface area contributed by atoms with Gasteiger partial charge in [0.25, 0.3) is 0 Å². The maximum atomic E-state index is 11.0. The number of carboxylic acids is 1. The Hall–Kier alpha value is -2.06. The predicted octanol–water partition coefficient (Wildman–Crippen LogP) is 1.53. The molecule has 0 aliphatic heterocycles. The van der Waals surface area contributed by atoms with Crippen LogP contribution < -0.4 is 0 Å². The molecule has 102 valence electrons. The molecule has 0 saturated heterocycles. The highest BCUT2D eigenvalue weighted by atomic mass is 19.4. The van der Waals surface area contributed by atoms with Crippen molar-refractivity contribution >= 4 is 11.9 Å². The molecule has 0 bridgehead atoms. The zero-order chi connectivity index (χ0) is 14.3. The summed E-state index contributed by atoms with van der Waals surface area (Å²) in [6.07, 6.45) is -3.62. The van der Waals surface area contributed by atoms with Crippen molar-refractivity contribution in [2.75, 3.05) is 6.61 Å². The molecule has 2 N–H and O–H groups in total. The Morgan fingerprint density at radius 3 is 2.28 bits per heavy atom. The first-order valence-corrected chi connectivity index (χ1v) is 4.67. The molecular weight excluding hydrogens is 257 g/mol. The number of hydrogen-bond acceptors (Lipinski definition) is 4. The van der Waals surface area contributed by atoms with Crippen LogP contribution in [-0.2, 0) is 9.53 Å². The first-order chi connectivity index (χ1) is 8.20. The van der Waals surface area contributed by atoms with Gasteiger partial charge in [0, 0.05) is 5.69 Å². The molecule has 0 amide bonds. The summed E-state index contributed by atoms with van der Waals surface area (Å²) < 4.78 is 36.5. The molecule has 9 heteroatoms. The van der Waals surface area contributed by atoms with Crippen molar-refractivity contribution in [1.82, 2.24) is 10.2 Å². The van der Waals surface area contributed by atoms with E-state index in [0.29, 0.717) is 12.2 Å². The molecule has 0 radical (unpaired) electrons. The monoisotopic (exact) mass is 268 g/mol. The van der Waals surface area contributed by atoms with Crippen molar-refractivity contribution in [1.29, 1.82) is 0 Å². The third-order valence-electron chi connectivity index (χ3n) is 1.57. The van der Waals surface area contributed by atoms with Gasteiger partial charge in [0.2, 0.25) is 0 Å². The molecule has 0 saturated carbocycles. The number of carboxylic acid groups (broad SMARTS) is 1. The van der Waals surface area contributed by atoms with E-state index in [9.17, 15) is 18.0 Å². The summed E-state index contributed by atoms with van der Waals surface area (Å²) in [4.78, 5) is 19.9. The van der Waals surface area contributed by atoms with Crippen LogP contribution in [0.5, 0.6) is 0 Å². The van der Waals surface area contributed by atoms with Gasteiger partial charge in [0.1, 0.15) is 5.56 Å². The van der Waals surface area contributed by atoms with Crippen LogP contribution in [0, 0.1) is 6.92 Å².